The first-order valence-corrected chi connectivity index (χ1v) is 8.24. The molecular weight excluding hydrogens is 288 g/mol. The minimum atomic E-state index is -1.21. The van der Waals surface area contributed by atoms with Gasteiger partial charge in [0, 0.05) is 17.1 Å². The number of hydrogen-bond donors (Lipinski definition) is 2. The molecule has 0 spiro atoms. The van der Waals surface area contributed by atoms with E-state index in [9.17, 15) is 13.8 Å². The normalized spacial score (nSPS) is 13.7. The van der Waals surface area contributed by atoms with Gasteiger partial charge in [0.2, 0.25) is 11.8 Å². The molecule has 0 aliphatic heterocycles. The average molecular weight is 310 g/mol. The van der Waals surface area contributed by atoms with Gasteiger partial charge in [-0.25, -0.2) is 0 Å². The predicted octanol–water partition coefficient (Wildman–Crippen LogP) is 1.20. The highest BCUT2D eigenvalue weighted by molar-refractivity contribution is 7.85. The zero-order valence-electron chi connectivity index (χ0n) is 12.4. The third-order valence-corrected chi connectivity index (χ3v) is 4.27. The van der Waals surface area contributed by atoms with Crippen molar-refractivity contribution in [2.45, 2.75) is 37.6 Å². The van der Waals surface area contributed by atoms with Gasteiger partial charge >= 0.3 is 0 Å². The van der Waals surface area contributed by atoms with Crippen LogP contribution in [0, 0.1) is 5.92 Å². The van der Waals surface area contributed by atoms with E-state index in [0.29, 0.717) is 11.3 Å². The molecule has 1 aromatic carbocycles. The number of benzene rings is 1. The first-order chi connectivity index (χ1) is 9.90. The molecule has 0 radical (unpaired) electrons. The summed E-state index contributed by atoms with van der Waals surface area (Å²) < 4.78 is 12.1. The largest absolute Gasteiger partial charge is 0.368 e. The fourth-order valence-electron chi connectivity index (χ4n) is 1.82. The Morgan fingerprint density at radius 3 is 2.38 bits per heavy atom. The second kappa shape index (κ2) is 8.56. The second-order valence-corrected chi connectivity index (χ2v) is 6.84. The van der Waals surface area contributed by atoms with Gasteiger partial charge in [-0.3, -0.25) is 13.8 Å². The predicted molar refractivity (Wildman–Crippen MR) is 82.9 cm³/mol. The quantitative estimate of drug-likeness (QED) is 0.756. The number of amides is 2. The van der Waals surface area contributed by atoms with Gasteiger partial charge in [-0.2, -0.15) is 0 Å². The molecule has 0 heterocycles. The van der Waals surface area contributed by atoms with Crippen molar-refractivity contribution in [3.63, 3.8) is 0 Å². The lowest BCUT2D eigenvalue weighted by atomic mass is 10.1. The van der Waals surface area contributed by atoms with E-state index in [2.05, 4.69) is 5.32 Å². The van der Waals surface area contributed by atoms with Gasteiger partial charge in [-0.1, -0.05) is 32.0 Å². The summed E-state index contributed by atoms with van der Waals surface area (Å²) in [7, 11) is -1.21. The van der Waals surface area contributed by atoms with Crippen molar-refractivity contribution in [2.75, 3.05) is 5.75 Å². The number of carbonyl (C=O) groups excluding carboxylic acids is 2. The van der Waals surface area contributed by atoms with Gasteiger partial charge in [0.05, 0.1) is 10.8 Å². The van der Waals surface area contributed by atoms with Crippen LogP contribution in [-0.2, 0) is 20.4 Å². The lowest BCUT2D eigenvalue weighted by Crippen LogP contribution is -2.45. The van der Waals surface area contributed by atoms with E-state index in [1.54, 1.807) is 12.1 Å². The smallest absolute Gasteiger partial charge is 0.240 e. The van der Waals surface area contributed by atoms with E-state index >= 15 is 0 Å². The maximum Gasteiger partial charge on any atom is 0.240 e. The fraction of sp³-hybridized carbons (Fsp3) is 0.467. The molecule has 1 rings (SSSR count). The molecule has 0 saturated carbocycles. The van der Waals surface area contributed by atoms with E-state index in [-0.39, 0.29) is 24.0 Å². The molecule has 0 aliphatic carbocycles. The van der Waals surface area contributed by atoms with Crippen LogP contribution in [0.1, 0.15) is 26.7 Å². The molecule has 21 heavy (non-hydrogen) atoms. The molecule has 0 bridgehead atoms. The van der Waals surface area contributed by atoms with Crippen LogP contribution in [0.15, 0.2) is 35.2 Å². The van der Waals surface area contributed by atoms with Crippen LogP contribution >= 0.6 is 0 Å². The molecule has 2 amide bonds. The highest BCUT2D eigenvalue weighted by Gasteiger charge is 2.19. The zero-order valence-corrected chi connectivity index (χ0v) is 13.2. The van der Waals surface area contributed by atoms with Crippen LogP contribution in [-0.4, -0.2) is 27.8 Å². The highest BCUT2D eigenvalue weighted by Crippen LogP contribution is 2.08. The van der Waals surface area contributed by atoms with E-state index in [4.69, 9.17) is 5.73 Å². The number of primary amides is 1. The van der Waals surface area contributed by atoms with E-state index in [1.165, 1.54) is 0 Å². The number of nitrogens with one attached hydrogen (secondary N) is 1. The van der Waals surface area contributed by atoms with Crippen LogP contribution < -0.4 is 11.1 Å². The van der Waals surface area contributed by atoms with Gasteiger partial charge in [-0.05, 0) is 24.5 Å². The van der Waals surface area contributed by atoms with Crippen molar-refractivity contribution >= 4 is 22.6 Å². The summed E-state index contributed by atoms with van der Waals surface area (Å²) in [6.45, 7) is 3.84. The Kier molecular flexibility index (Phi) is 7.08. The molecule has 5 nitrogen and oxygen atoms in total. The lowest BCUT2D eigenvalue weighted by Gasteiger charge is -2.16. The second-order valence-electron chi connectivity index (χ2n) is 5.27. The fourth-order valence-corrected chi connectivity index (χ4v) is 2.97. The van der Waals surface area contributed by atoms with Gasteiger partial charge in [0.25, 0.3) is 0 Å². The number of carbonyl (C=O) groups is 2. The van der Waals surface area contributed by atoms with Crippen molar-refractivity contribution in [1.82, 2.24) is 5.32 Å². The van der Waals surface area contributed by atoms with Gasteiger partial charge in [0.15, 0.2) is 0 Å². The van der Waals surface area contributed by atoms with Crippen molar-refractivity contribution < 1.29 is 13.8 Å². The van der Waals surface area contributed by atoms with Gasteiger partial charge < -0.3 is 11.1 Å². The summed E-state index contributed by atoms with van der Waals surface area (Å²) in [5.74, 6) is -0.326. The van der Waals surface area contributed by atoms with Crippen LogP contribution in [0.4, 0.5) is 0 Å². The third-order valence-electron chi connectivity index (χ3n) is 2.87. The molecule has 2 atom stereocenters. The maximum absolute atomic E-state index is 12.1. The maximum atomic E-state index is 12.1. The molecule has 116 valence electrons. The van der Waals surface area contributed by atoms with Crippen molar-refractivity contribution in [3.8, 4) is 0 Å². The molecule has 0 unspecified atom stereocenters. The van der Waals surface area contributed by atoms with Crippen molar-refractivity contribution in [1.29, 1.82) is 0 Å². The van der Waals surface area contributed by atoms with Crippen LogP contribution in [0.2, 0.25) is 0 Å². The van der Waals surface area contributed by atoms with Gasteiger partial charge in [-0.15, -0.1) is 0 Å². The lowest BCUT2D eigenvalue weighted by molar-refractivity contribution is -0.127. The van der Waals surface area contributed by atoms with Gasteiger partial charge in [0.1, 0.15) is 6.04 Å². The molecule has 0 fully saturated rings. The number of hydrogen-bond acceptors (Lipinski definition) is 3. The summed E-state index contributed by atoms with van der Waals surface area (Å²) in [5, 5.41) is 2.61. The van der Waals surface area contributed by atoms with Crippen LogP contribution in [0.5, 0.6) is 0 Å². The molecule has 0 aromatic heterocycles. The summed E-state index contributed by atoms with van der Waals surface area (Å²) in [5.41, 5.74) is 5.29. The first-order valence-electron chi connectivity index (χ1n) is 6.92. The van der Waals surface area contributed by atoms with Crippen LogP contribution in [0.25, 0.3) is 0 Å². The monoisotopic (exact) mass is 310 g/mol. The SMILES string of the molecule is CC(C)CC(=O)N[C@@H](CC[S@@](=O)c1ccccc1)C(N)=O. The first kappa shape index (κ1) is 17.4. The van der Waals surface area contributed by atoms with Crippen molar-refractivity contribution in [2.24, 2.45) is 11.7 Å². The summed E-state index contributed by atoms with van der Waals surface area (Å²) in [6.07, 6.45) is 0.603. The van der Waals surface area contributed by atoms with Crippen LogP contribution in [0.3, 0.4) is 0 Å². The Labute approximate surface area is 127 Å². The summed E-state index contributed by atoms with van der Waals surface area (Å²) in [4.78, 5) is 23.8. The summed E-state index contributed by atoms with van der Waals surface area (Å²) in [6, 6.07) is 8.23. The standard InChI is InChI=1S/C15H22N2O3S/c1-11(2)10-14(18)17-13(15(16)19)8-9-21(20)12-6-4-3-5-7-12/h3-7,11,13H,8-10H2,1-2H3,(H2,16,19)(H,17,18)/t13-,21+/m0/s1. The molecule has 0 saturated heterocycles. The summed E-state index contributed by atoms with van der Waals surface area (Å²) >= 11 is 0. The average Bonchev–Trinajstić information content (AvgIpc) is 2.42. The third kappa shape index (κ3) is 6.53. The molecule has 3 N–H and O–H groups in total. The number of nitrogens with two attached hydrogens (primary N) is 1. The molecular formula is C15H22N2O3S. The Hall–Kier alpha value is -1.69. The molecule has 1 aromatic rings. The Bertz CT molecular complexity index is 503. The minimum Gasteiger partial charge on any atom is -0.368 e. The molecule has 0 aliphatic rings. The molecule has 6 heteroatoms. The minimum absolute atomic E-state index is 0.206. The highest BCUT2D eigenvalue weighted by atomic mass is 32.2. The Morgan fingerprint density at radius 2 is 1.86 bits per heavy atom. The Balaban J connectivity index is 2.54. The van der Waals surface area contributed by atoms with E-state index < -0.39 is 22.7 Å². The van der Waals surface area contributed by atoms with Crippen molar-refractivity contribution in [3.05, 3.63) is 30.3 Å². The van der Waals surface area contributed by atoms with E-state index in [1.807, 2.05) is 32.0 Å². The van der Waals surface area contributed by atoms with E-state index in [0.717, 1.165) is 0 Å². The Morgan fingerprint density at radius 1 is 1.24 bits per heavy atom. The topological polar surface area (TPSA) is 89.3 Å². The number of rotatable bonds is 8. The zero-order chi connectivity index (χ0) is 15.8.